The van der Waals surface area contributed by atoms with E-state index in [2.05, 4.69) is 10.3 Å². The Morgan fingerprint density at radius 3 is 2.60 bits per heavy atom. The standard InChI is InChI=1S/C20H22N2O3/c1-24-17-13-11-16(12-14-17)18(25-2)8-4-3-5-10-20(23)22-19-9-6-7-15-21-19/h3-7,9-15,18H,8H2,1-2H3,(H,21,22,23)/b4-3+,10-5+. The van der Waals surface area contributed by atoms with Gasteiger partial charge in [-0.25, -0.2) is 4.98 Å². The monoisotopic (exact) mass is 338 g/mol. The fourth-order valence-electron chi connectivity index (χ4n) is 2.22. The second-order valence-corrected chi connectivity index (χ2v) is 5.22. The zero-order valence-electron chi connectivity index (χ0n) is 14.4. The van der Waals surface area contributed by atoms with Gasteiger partial charge in [0.05, 0.1) is 13.2 Å². The van der Waals surface area contributed by atoms with Gasteiger partial charge in [0.2, 0.25) is 5.91 Å². The molecule has 0 aliphatic carbocycles. The molecule has 0 saturated carbocycles. The topological polar surface area (TPSA) is 60.5 Å². The molecule has 1 atom stereocenters. The number of carbonyl (C=O) groups excluding carboxylic acids is 1. The molecule has 0 aliphatic rings. The van der Waals surface area contributed by atoms with E-state index >= 15 is 0 Å². The summed E-state index contributed by atoms with van der Waals surface area (Å²) >= 11 is 0. The summed E-state index contributed by atoms with van der Waals surface area (Å²) in [6.07, 6.45) is 9.23. The van der Waals surface area contributed by atoms with E-state index in [1.807, 2.05) is 42.5 Å². The molecule has 1 aromatic carbocycles. The van der Waals surface area contributed by atoms with Gasteiger partial charge in [0.15, 0.2) is 0 Å². The Labute approximate surface area is 148 Å². The van der Waals surface area contributed by atoms with Crippen molar-refractivity contribution in [3.05, 3.63) is 78.5 Å². The van der Waals surface area contributed by atoms with Crippen LogP contribution in [0.5, 0.6) is 5.75 Å². The number of methoxy groups -OCH3 is 2. The summed E-state index contributed by atoms with van der Waals surface area (Å²) in [6, 6.07) is 13.1. The molecule has 2 rings (SSSR count). The summed E-state index contributed by atoms with van der Waals surface area (Å²) in [6.45, 7) is 0. The largest absolute Gasteiger partial charge is 0.497 e. The van der Waals surface area contributed by atoms with Crippen LogP contribution >= 0.6 is 0 Å². The highest BCUT2D eigenvalue weighted by atomic mass is 16.5. The van der Waals surface area contributed by atoms with Crippen LogP contribution in [0.3, 0.4) is 0 Å². The van der Waals surface area contributed by atoms with E-state index in [1.165, 1.54) is 6.08 Å². The smallest absolute Gasteiger partial charge is 0.249 e. The van der Waals surface area contributed by atoms with Gasteiger partial charge in [-0.05, 0) is 36.2 Å². The molecule has 1 aromatic heterocycles. The molecule has 5 heteroatoms. The molecule has 0 radical (unpaired) electrons. The summed E-state index contributed by atoms with van der Waals surface area (Å²) < 4.78 is 10.7. The number of benzene rings is 1. The van der Waals surface area contributed by atoms with Gasteiger partial charge >= 0.3 is 0 Å². The van der Waals surface area contributed by atoms with Crippen molar-refractivity contribution in [1.82, 2.24) is 4.98 Å². The number of allylic oxidation sites excluding steroid dienone is 2. The second kappa shape index (κ2) is 10.1. The molecular weight excluding hydrogens is 316 g/mol. The van der Waals surface area contributed by atoms with Gasteiger partial charge in [0, 0.05) is 19.4 Å². The number of amides is 1. The van der Waals surface area contributed by atoms with Crippen LogP contribution in [0.1, 0.15) is 18.1 Å². The molecule has 0 aliphatic heterocycles. The first-order valence-corrected chi connectivity index (χ1v) is 7.95. The first-order chi connectivity index (χ1) is 12.2. The van der Waals surface area contributed by atoms with Crippen molar-refractivity contribution in [3.63, 3.8) is 0 Å². The number of nitrogens with one attached hydrogen (secondary N) is 1. The molecular formula is C20H22N2O3. The van der Waals surface area contributed by atoms with Gasteiger partial charge < -0.3 is 14.8 Å². The van der Waals surface area contributed by atoms with Crippen molar-refractivity contribution >= 4 is 11.7 Å². The fraction of sp³-hybridized carbons (Fsp3) is 0.200. The molecule has 1 unspecified atom stereocenters. The molecule has 0 bridgehead atoms. The van der Waals surface area contributed by atoms with Gasteiger partial charge in [-0.15, -0.1) is 0 Å². The Balaban J connectivity index is 1.82. The van der Waals surface area contributed by atoms with Crippen LogP contribution in [0.2, 0.25) is 0 Å². The van der Waals surface area contributed by atoms with E-state index in [0.717, 1.165) is 11.3 Å². The second-order valence-electron chi connectivity index (χ2n) is 5.22. The van der Waals surface area contributed by atoms with E-state index in [1.54, 1.807) is 38.6 Å². The summed E-state index contributed by atoms with van der Waals surface area (Å²) in [7, 11) is 3.32. The van der Waals surface area contributed by atoms with Crippen LogP contribution in [0.4, 0.5) is 5.82 Å². The first kappa shape index (κ1) is 18.4. The molecule has 130 valence electrons. The minimum atomic E-state index is -0.221. The lowest BCUT2D eigenvalue weighted by atomic mass is 10.1. The Morgan fingerprint density at radius 2 is 1.96 bits per heavy atom. The van der Waals surface area contributed by atoms with E-state index < -0.39 is 0 Å². The lowest BCUT2D eigenvalue weighted by molar-refractivity contribution is -0.111. The van der Waals surface area contributed by atoms with Gasteiger partial charge in [-0.2, -0.15) is 0 Å². The number of ether oxygens (including phenoxy) is 2. The van der Waals surface area contributed by atoms with E-state index in [0.29, 0.717) is 12.2 Å². The third kappa shape index (κ3) is 6.24. The molecule has 1 heterocycles. The van der Waals surface area contributed by atoms with Crippen molar-refractivity contribution in [2.45, 2.75) is 12.5 Å². The molecule has 2 aromatic rings. The summed E-state index contributed by atoms with van der Waals surface area (Å²) in [5, 5.41) is 2.68. The van der Waals surface area contributed by atoms with Crippen molar-refractivity contribution in [3.8, 4) is 5.75 Å². The van der Waals surface area contributed by atoms with Gasteiger partial charge in [0.25, 0.3) is 0 Å². The Kier molecular flexibility index (Phi) is 7.41. The average molecular weight is 338 g/mol. The number of nitrogens with zero attached hydrogens (tertiary/aromatic N) is 1. The number of anilines is 1. The number of carbonyl (C=O) groups is 1. The van der Waals surface area contributed by atoms with Gasteiger partial charge in [0.1, 0.15) is 11.6 Å². The lowest BCUT2D eigenvalue weighted by Gasteiger charge is -2.14. The van der Waals surface area contributed by atoms with Crippen molar-refractivity contribution in [1.29, 1.82) is 0 Å². The maximum Gasteiger partial charge on any atom is 0.249 e. The van der Waals surface area contributed by atoms with E-state index in [-0.39, 0.29) is 12.0 Å². The summed E-state index contributed by atoms with van der Waals surface area (Å²) in [4.78, 5) is 15.8. The molecule has 0 spiro atoms. The van der Waals surface area contributed by atoms with Crippen LogP contribution < -0.4 is 10.1 Å². The Bertz CT molecular complexity index is 709. The zero-order chi connectivity index (χ0) is 17.9. The van der Waals surface area contributed by atoms with Crippen LogP contribution in [-0.4, -0.2) is 25.1 Å². The molecule has 1 amide bonds. The highest BCUT2D eigenvalue weighted by Crippen LogP contribution is 2.23. The zero-order valence-corrected chi connectivity index (χ0v) is 14.4. The SMILES string of the molecule is COc1ccc(C(C/C=C/C=C/C(=O)Nc2ccccn2)OC)cc1. The maximum absolute atomic E-state index is 11.7. The maximum atomic E-state index is 11.7. The predicted octanol–water partition coefficient (Wildman–Crippen LogP) is 3.92. The third-order valence-corrected chi connectivity index (χ3v) is 3.53. The van der Waals surface area contributed by atoms with Crippen molar-refractivity contribution < 1.29 is 14.3 Å². The van der Waals surface area contributed by atoms with Gasteiger partial charge in [-0.3, -0.25) is 4.79 Å². The number of aromatic nitrogens is 1. The molecule has 5 nitrogen and oxygen atoms in total. The lowest BCUT2D eigenvalue weighted by Crippen LogP contribution is -2.08. The van der Waals surface area contributed by atoms with Crippen LogP contribution in [0.15, 0.2) is 73.0 Å². The van der Waals surface area contributed by atoms with Crippen molar-refractivity contribution in [2.75, 3.05) is 19.5 Å². The van der Waals surface area contributed by atoms with Gasteiger partial charge in [-0.1, -0.05) is 36.4 Å². The Hall–Kier alpha value is -2.92. The minimum Gasteiger partial charge on any atom is -0.497 e. The van der Waals surface area contributed by atoms with Crippen molar-refractivity contribution in [2.24, 2.45) is 0 Å². The number of hydrogen-bond donors (Lipinski definition) is 1. The molecule has 0 fully saturated rings. The number of hydrogen-bond acceptors (Lipinski definition) is 4. The molecule has 0 saturated heterocycles. The summed E-state index contributed by atoms with van der Waals surface area (Å²) in [5.41, 5.74) is 1.07. The Morgan fingerprint density at radius 1 is 1.16 bits per heavy atom. The number of pyridine rings is 1. The summed E-state index contributed by atoms with van der Waals surface area (Å²) in [5.74, 6) is 1.12. The molecule has 1 N–H and O–H groups in total. The highest BCUT2D eigenvalue weighted by Gasteiger charge is 2.08. The van der Waals surface area contributed by atoms with E-state index in [4.69, 9.17) is 9.47 Å². The van der Waals surface area contributed by atoms with Crippen LogP contribution in [0.25, 0.3) is 0 Å². The third-order valence-electron chi connectivity index (χ3n) is 3.53. The average Bonchev–Trinajstić information content (AvgIpc) is 2.65. The first-order valence-electron chi connectivity index (χ1n) is 7.95. The molecule has 25 heavy (non-hydrogen) atoms. The minimum absolute atomic E-state index is 0.0436. The van der Waals surface area contributed by atoms with Crippen LogP contribution in [0, 0.1) is 0 Å². The fourth-order valence-corrected chi connectivity index (χ4v) is 2.22. The van der Waals surface area contributed by atoms with Crippen LogP contribution in [-0.2, 0) is 9.53 Å². The number of rotatable bonds is 8. The highest BCUT2D eigenvalue weighted by molar-refractivity contribution is 5.98. The quantitative estimate of drug-likeness (QED) is 0.585. The normalized spacial score (nSPS) is 12.4. The van der Waals surface area contributed by atoms with E-state index in [9.17, 15) is 4.79 Å². The predicted molar refractivity (Wildman–Crippen MR) is 98.5 cm³/mol.